The Kier molecular flexibility index (Phi) is 17.5. The summed E-state index contributed by atoms with van der Waals surface area (Å²) in [5.74, 6) is -1.09. The Bertz CT molecular complexity index is 554. The molecule has 0 amide bonds. The average Bonchev–Trinajstić information content (AvgIpc) is 3.23. The molecule has 5 nitrogen and oxygen atoms in total. The number of hydrogen-bond acceptors (Lipinski definition) is 5. The van der Waals surface area contributed by atoms with Gasteiger partial charge in [-0.05, 0) is 57.8 Å². The molecule has 0 bridgehead atoms. The van der Waals surface area contributed by atoms with Crippen LogP contribution in [0.2, 0.25) is 0 Å². The minimum absolute atomic E-state index is 0. The van der Waals surface area contributed by atoms with Gasteiger partial charge in [0.1, 0.15) is 6.10 Å². The van der Waals surface area contributed by atoms with E-state index in [1.54, 1.807) is 0 Å². The second kappa shape index (κ2) is 18.9. The molecule has 0 unspecified atom stereocenters. The van der Waals surface area contributed by atoms with Gasteiger partial charge in [-0.3, -0.25) is 0 Å². The van der Waals surface area contributed by atoms with E-state index in [0.717, 1.165) is 38.5 Å². The van der Waals surface area contributed by atoms with Crippen molar-refractivity contribution < 1.29 is 54.0 Å². The standard InChI is InChI=1S/C26H42O5.Na/c1-2-3-4-5-6-7-8-9-10-11-12-13-14-15-16-22-17-19-24(29-22)25-20-18-23(30-31-25)21-26(27)28;/h2,5-8,22-25H,1,3-4,9-21H2,(H,27,28);/q;+1/p-1/b6-5-,8-7-;/t22-,23-,24+,25-;/m0./s1. The third kappa shape index (κ3) is 13.3. The van der Waals surface area contributed by atoms with Crippen LogP contribution in [-0.4, -0.2) is 30.4 Å². The quantitative estimate of drug-likeness (QED) is 0.117. The first kappa shape index (κ1) is 29.6. The zero-order valence-electron chi connectivity index (χ0n) is 20.1. The zero-order valence-corrected chi connectivity index (χ0v) is 22.1. The average molecular weight is 457 g/mol. The van der Waals surface area contributed by atoms with Gasteiger partial charge < -0.3 is 14.6 Å². The summed E-state index contributed by atoms with van der Waals surface area (Å²) in [6.07, 6.45) is 26.3. The summed E-state index contributed by atoms with van der Waals surface area (Å²) >= 11 is 0. The molecule has 0 spiro atoms. The van der Waals surface area contributed by atoms with E-state index in [0.29, 0.717) is 12.5 Å². The van der Waals surface area contributed by atoms with Gasteiger partial charge in [0.25, 0.3) is 0 Å². The second-order valence-corrected chi connectivity index (χ2v) is 8.80. The Hall–Kier alpha value is -0.430. The zero-order chi connectivity index (χ0) is 22.2. The van der Waals surface area contributed by atoms with Crippen LogP contribution in [0.1, 0.15) is 96.3 Å². The topological polar surface area (TPSA) is 67.8 Å². The van der Waals surface area contributed by atoms with Crippen LogP contribution in [-0.2, 0) is 19.3 Å². The Morgan fingerprint density at radius 2 is 1.47 bits per heavy atom. The summed E-state index contributed by atoms with van der Waals surface area (Å²) in [5.41, 5.74) is 0. The monoisotopic (exact) mass is 456 g/mol. The second-order valence-electron chi connectivity index (χ2n) is 8.80. The van der Waals surface area contributed by atoms with E-state index >= 15 is 0 Å². The number of carbonyl (C=O) groups is 1. The molecule has 2 fully saturated rings. The molecule has 0 saturated carbocycles. The van der Waals surface area contributed by atoms with Crippen molar-refractivity contribution in [2.24, 2.45) is 0 Å². The van der Waals surface area contributed by atoms with Gasteiger partial charge >= 0.3 is 29.6 Å². The van der Waals surface area contributed by atoms with Crippen molar-refractivity contribution in [2.75, 3.05) is 0 Å². The summed E-state index contributed by atoms with van der Waals surface area (Å²) in [6, 6.07) is 0. The number of aliphatic carboxylic acids is 1. The first-order valence-electron chi connectivity index (χ1n) is 12.3. The smallest absolute Gasteiger partial charge is 0.550 e. The maximum absolute atomic E-state index is 10.6. The van der Waals surface area contributed by atoms with E-state index in [-0.39, 0.29) is 48.2 Å². The molecule has 6 heteroatoms. The Morgan fingerprint density at radius 3 is 2.16 bits per heavy atom. The number of carboxylic acid groups (broad SMARTS) is 1. The number of carboxylic acids is 1. The number of carbonyl (C=O) groups excluding carboxylic acids is 1. The maximum Gasteiger partial charge on any atom is 1.00 e. The number of ether oxygens (including phenoxy) is 1. The molecule has 2 rings (SSSR count). The van der Waals surface area contributed by atoms with Gasteiger partial charge in [-0.25, -0.2) is 9.78 Å². The van der Waals surface area contributed by atoms with E-state index in [9.17, 15) is 9.90 Å². The molecule has 0 aromatic rings. The third-order valence-electron chi connectivity index (χ3n) is 6.11. The molecule has 0 radical (unpaired) electrons. The minimum Gasteiger partial charge on any atom is -0.550 e. The van der Waals surface area contributed by atoms with Gasteiger partial charge in [-0.1, -0.05) is 62.5 Å². The van der Waals surface area contributed by atoms with Crippen molar-refractivity contribution in [3.05, 3.63) is 37.0 Å². The molecule has 2 heterocycles. The van der Waals surface area contributed by atoms with Crippen molar-refractivity contribution in [2.45, 2.75) is 121 Å². The Labute approximate surface area is 216 Å². The fourth-order valence-corrected chi connectivity index (χ4v) is 4.29. The molecule has 0 N–H and O–H groups in total. The van der Waals surface area contributed by atoms with Crippen molar-refractivity contribution in [1.82, 2.24) is 0 Å². The van der Waals surface area contributed by atoms with E-state index in [4.69, 9.17) is 14.5 Å². The van der Waals surface area contributed by atoms with Crippen LogP contribution in [0.3, 0.4) is 0 Å². The third-order valence-corrected chi connectivity index (χ3v) is 6.11. The molecule has 0 aliphatic carbocycles. The predicted octanol–water partition coefficient (Wildman–Crippen LogP) is 2.36. The van der Waals surface area contributed by atoms with Crippen LogP contribution in [0.15, 0.2) is 37.0 Å². The molecule has 2 saturated heterocycles. The molecular formula is C26H41NaO5. The molecule has 2 aliphatic heterocycles. The van der Waals surface area contributed by atoms with E-state index in [1.807, 2.05) is 6.08 Å². The Morgan fingerprint density at radius 1 is 0.812 bits per heavy atom. The first-order valence-corrected chi connectivity index (χ1v) is 12.3. The molecule has 176 valence electrons. The van der Waals surface area contributed by atoms with Gasteiger partial charge in [-0.15, -0.1) is 6.58 Å². The van der Waals surface area contributed by atoms with Crippen molar-refractivity contribution in [1.29, 1.82) is 0 Å². The van der Waals surface area contributed by atoms with Crippen LogP contribution in [0.4, 0.5) is 0 Å². The van der Waals surface area contributed by atoms with Crippen molar-refractivity contribution in [3.63, 3.8) is 0 Å². The van der Waals surface area contributed by atoms with Crippen LogP contribution < -0.4 is 34.7 Å². The van der Waals surface area contributed by atoms with Crippen molar-refractivity contribution >= 4 is 5.97 Å². The van der Waals surface area contributed by atoms with Gasteiger partial charge in [0.2, 0.25) is 0 Å². The normalized spacial score (nSPS) is 25.9. The number of unbranched alkanes of at least 4 members (excludes halogenated alkanes) is 7. The molecular weight excluding hydrogens is 415 g/mol. The van der Waals surface area contributed by atoms with E-state index in [1.165, 1.54) is 44.9 Å². The molecule has 2 aliphatic rings. The fraction of sp³-hybridized carbons (Fsp3) is 0.731. The first-order chi connectivity index (χ1) is 15.2. The van der Waals surface area contributed by atoms with E-state index < -0.39 is 12.1 Å². The largest absolute Gasteiger partial charge is 1.00 e. The summed E-state index contributed by atoms with van der Waals surface area (Å²) < 4.78 is 6.18. The van der Waals surface area contributed by atoms with Crippen LogP contribution >= 0.6 is 0 Å². The summed E-state index contributed by atoms with van der Waals surface area (Å²) in [5, 5.41) is 10.6. The van der Waals surface area contributed by atoms with Gasteiger partial charge in [0.05, 0.1) is 18.3 Å². The van der Waals surface area contributed by atoms with Crippen molar-refractivity contribution in [3.8, 4) is 0 Å². The van der Waals surface area contributed by atoms with Gasteiger partial charge in [0.15, 0.2) is 0 Å². The van der Waals surface area contributed by atoms with Gasteiger partial charge in [0, 0.05) is 12.4 Å². The SMILES string of the molecule is C=CCC/C=C\C=C/CCCCCCCC[C@H]1CC[C@H]([C@@H]2CC[C@@H](CC(=O)[O-])OO2)O1.[Na+]. The minimum atomic E-state index is -1.09. The fourth-order valence-electron chi connectivity index (χ4n) is 4.29. The maximum atomic E-state index is 10.6. The van der Waals surface area contributed by atoms with Crippen LogP contribution in [0, 0.1) is 0 Å². The van der Waals surface area contributed by atoms with Crippen LogP contribution in [0.25, 0.3) is 0 Å². The molecule has 0 aromatic carbocycles. The number of rotatable bonds is 16. The van der Waals surface area contributed by atoms with E-state index in [2.05, 4.69) is 30.9 Å². The number of allylic oxidation sites excluding steroid dienone is 5. The Balaban J connectivity index is 0.00000512. The molecule has 0 aromatic heterocycles. The molecule has 32 heavy (non-hydrogen) atoms. The molecule has 4 atom stereocenters. The van der Waals surface area contributed by atoms with Gasteiger partial charge in [-0.2, -0.15) is 0 Å². The summed E-state index contributed by atoms with van der Waals surface area (Å²) in [7, 11) is 0. The van der Waals surface area contributed by atoms with Crippen LogP contribution in [0.5, 0.6) is 0 Å². The predicted molar refractivity (Wildman–Crippen MR) is 121 cm³/mol. The summed E-state index contributed by atoms with van der Waals surface area (Å²) in [6.45, 7) is 3.72. The number of hydrogen-bond donors (Lipinski definition) is 0. The summed E-state index contributed by atoms with van der Waals surface area (Å²) in [4.78, 5) is 21.3.